The Morgan fingerprint density at radius 3 is 2.32 bits per heavy atom. The van der Waals surface area contributed by atoms with Crippen LogP contribution in [0.4, 0.5) is 4.39 Å². The smallest absolute Gasteiger partial charge is 0.267 e. The first-order valence-corrected chi connectivity index (χ1v) is 12.1. The fourth-order valence-corrected chi connectivity index (χ4v) is 4.44. The summed E-state index contributed by atoms with van der Waals surface area (Å²) in [5.74, 6) is 0.456. The van der Waals surface area contributed by atoms with Gasteiger partial charge in [-0.15, -0.1) is 5.10 Å². The van der Waals surface area contributed by atoms with E-state index in [-0.39, 0.29) is 5.82 Å². The van der Waals surface area contributed by atoms with Crippen LogP contribution in [0.5, 0.6) is 0 Å². The Bertz CT molecular complexity index is 1510. The number of tetrazole rings is 1. The van der Waals surface area contributed by atoms with E-state index in [1.165, 1.54) is 12.1 Å². The number of hydrogen-bond donors (Lipinski definition) is 2. The number of aromatic nitrogens is 6. The number of carbonyl (C=O) groups is 1. The summed E-state index contributed by atoms with van der Waals surface area (Å²) >= 11 is 0. The number of halogens is 1. The molecule has 0 atom stereocenters. The van der Waals surface area contributed by atoms with Crippen LogP contribution in [0.2, 0.25) is 0 Å². The van der Waals surface area contributed by atoms with Gasteiger partial charge in [0.25, 0.3) is 5.91 Å². The topological polar surface area (TPSA) is 115 Å². The van der Waals surface area contributed by atoms with Crippen molar-refractivity contribution < 1.29 is 9.18 Å². The van der Waals surface area contributed by atoms with E-state index in [1.54, 1.807) is 12.1 Å². The number of nitrogens with one attached hydrogen (secondary N) is 1. The highest BCUT2D eigenvalue weighted by molar-refractivity contribution is 5.97. The molecular weight excluding hydrogens is 469 g/mol. The van der Waals surface area contributed by atoms with Gasteiger partial charge in [-0.05, 0) is 57.8 Å². The number of unbranched alkanes of at least 4 members (excludes halogenated alkanes) is 1. The molecule has 0 unspecified atom stereocenters. The monoisotopic (exact) mass is 495 g/mol. The first-order valence-electron chi connectivity index (χ1n) is 12.1. The Hall–Kier alpha value is -4.66. The van der Waals surface area contributed by atoms with Crippen molar-refractivity contribution >= 4 is 5.91 Å². The normalized spacial score (nSPS) is 11.1. The van der Waals surface area contributed by atoms with Crippen LogP contribution in [-0.2, 0) is 13.0 Å². The molecule has 37 heavy (non-hydrogen) atoms. The second-order valence-electron chi connectivity index (χ2n) is 8.78. The van der Waals surface area contributed by atoms with Crippen molar-refractivity contribution in [2.75, 3.05) is 0 Å². The van der Waals surface area contributed by atoms with Crippen molar-refractivity contribution in [1.82, 2.24) is 30.2 Å². The van der Waals surface area contributed by atoms with Gasteiger partial charge < -0.3 is 10.3 Å². The summed E-state index contributed by atoms with van der Waals surface area (Å²) in [6, 6.07) is 22.0. The number of H-pyrrole nitrogens is 1. The van der Waals surface area contributed by atoms with E-state index < -0.39 is 5.91 Å². The van der Waals surface area contributed by atoms with Gasteiger partial charge in [0.1, 0.15) is 23.0 Å². The van der Waals surface area contributed by atoms with E-state index in [0.29, 0.717) is 35.7 Å². The first kappa shape index (κ1) is 24.1. The highest BCUT2D eigenvalue weighted by Gasteiger charge is 2.22. The Morgan fingerprint density at radius 1 is 0.973 bits per heavy atom. The van der Waals surface area contributed by atoms with Crippen LogP contribution < -0.4 is 5.73 Å². The highest BCUT2D eigenvalue weighted by atomic mass is 19.1. The molecule has 3 N–H and O–H groups in total. The van der Waals surface area contributed by atoms with Crippen molar-refractivity contribution in [2.24, 2.45) is 5.73 Å². The molecule has 0 fully saturated rings. The molecule has 186 valence electrons. The van der Waals surface area contributed by atoms with Gasteiger partial charge in [0.2, 0.25) is 0 Å². The fraction of sp³-hybridized carbons (Fsp3) is 0.179. The van der Waals surface area contributed by atoms with E-state index in [1.807, 2.05) is 53.1 Å². The predicted molar refractivity (Wildman–Crippen MR) is 139 cm³/mol. The minimum Gasteiger partial charge on any atom is -0.364 e. The van der Waals surface area contributed by atoms with Gasteiger partial charge in [-0.2, -0.15) is 0 Å². The van der Waals surface area contributed by atoms with Crippen molar-refractivity contribution in [1.29, 1.82) is 0 Å². The second kappa shape index (κ2) is 10.5. The zero-order chi connectivity index (χ0) is 25.8. The van der Waals surface area contributed by atoms with Crippen LogP contribution in [-0.4, -0.2) is 36.1 Å². The maximum Gasteiger partial charge on any atom is 0.267 e. The van der Waals surface area contributed by atoms with Gasteiger partial charge in [-0.1, -0.05) is 61.9 Å². The van der Waals surface area contributed by atoms with Gasteiger partial charge in [-0.25, -0.2) is 14.5 Å². The molecule has 2 aromatic heterocycles. The van der Waals surface area contributed by atoms with E-state index in [2.05, 4.69) is 27.5 Å². The zero-order valence-corrected chi connectivity index (χ0v) is 20.4. The van der Waals surface area contributed by atoms with Crippen LogP contribution in [0, 0.1) is 5.82 Å². The molecule has 5 rings (SSSR count). The molecule has 0 bridgehead atoms. The number of aryl methyl sites for hydroxylation is 1. The number of amides is 1. The van der Waals surface area contributed by atoms with Crippen molar-refractivity contribution in [3.63, 3.8) is 0 Å². The molecule has 0 aliphatic rings. The third-order valence-corrected chi connectivity index (χ3v) is 6.28. The Kier molecular flexibility index (Phi) is 6.85. The van der Waals surface area contributed by atoms with Gasteiger partial charge in [0, 0.05) is 24.1 Å². The lowest BCUT2D eigenvalue weighted by atomic mass is 9.98. The highest BCUT2D eigenvalue weighted by Crippen LogP contribution is 2.31. The summed E-state index contributed by atoms with van der Waals surface area (Å²) in [6.07, 6.45) is 2.61. The summed E-state index contributed by atoms with van der Waals surface area (Å²) < 4.78 is 15.4. The number of nitrogens with zero attached hydrogens (tertiary/aromatic N) is 5. The van der Waals surface area contributed by atoms with E-state index in [0.717, 1.165) is 40.9 Å². The van der Waals surface area contributed by atoms with Crippen LogP contribution in [0.15, 0.2) is 72.8 Å². The molecule has 0 spiro atoms. The molecular formula is C28H26FN7O. The van der Waals surface area contributed by atoms with Crippen LogP contribution >= 0.6 is 0 Å². The number of hydrogen-bond acceptors (Lipinski definition) is 5. The van der Waals surface area contributed by atoms with Crippen molar-refractivity contribution in [2.45, 2.75) is 32.7 Å². The zero-order valence-electron chi connectivity index (χ0n) is 20.4. The van der Waals surface area contributed by atoms with Crippen LogP contribution in [0.3, 0.4) is 0 Å². The summed E-state index contributed by atoms with van der Waals surface area (Å²) in [5.41, 5.74) is 11.2. The number of primary amides is 1. The van der Waals surface area contributed by atoms with Gasteiger partial charge >= 0.3 is 0 Å². The maximum absolute atomic E-state index is 13.5. The third-order valence-electron chi connectivity index (χ3n) is 6.28. The molecule has 1 amide bonds. The van der Waals surface area contributed by atoms with Crippen molar-refractivity contribution in [3.8, 4) is 33.8 Å². The lowest BCUT2D eigenvalue weighted by Gasteiger charge is -2.12. The van der Waals surface area contributed by atoms with E-state index >= 15 is 0 Å². The number of nitrogens with two attached hydrogens (primary N) is 1. The molecule has 0 radical (unpaired) electrons. The lowest BCUT2D eigenvalue weighted by Crippen LogP contribution is -2.19. The molecule has 8 nitrogen and oxygen atoms in total. The quantitative estimate of drug-likeness (QED) is 0.298. The molecule has 5 aromatic rings. The molecule has 9 heteroatoms. The standard InChI is InChI=1S/C28H26FN7O/c1-2-3-8-24-31-25(20-13-15-21(29)16-14-20)26(27(30)37)36(24)17-18-9-11-19(12-10-18)22-6-4-5-7-23(22)28-32-34-35-33-28/h4-7,9-16H,2-3,8,17H2,1H3,(H2,30,37)(H,32,33,34,35). The van der Waals surface area contributed by atoms with Gasteiger partial charge in [0.15, 0.2) is 5.82 Å². The van der Waals surface area contributed by atoms with Crippen LogP contribution in [0.1, 0.15) is 41.6 Å². The van der Waals surface area contributed by atoms with Gasteiger partial charge in [-0.3, -0.25) is 4.79 Å². The summed E-state index contributed by atoms with van der Waals surface area (Å²) in [5, 5.41) is 14.2. The average molecular weight is 496 g/mol. The molecule has 0 aliphatic heterocycles. The molecule has 3 aromatic carbocycles. The van der Waals surface area contributed by atoms with Crippen molar-refractivity contribution in [3.05, 3.63) is 95.7 Å². The Labute approximate surface area is 213 Å². The van der Waals surface area contributed by atoms with Gasteiger partial charge in [0.05, 0.1) is 0 Å². The predicted octanol–water partition coefficient (Wildman–Crippen LogP) is 5.03. The third kappa shape index (κ3) is 5.02. The number of imidazole rings is 1. The Balaban J connectivity index is 1.51. The molecule has 0 saturated carbocycles. The minimum absolute atomic E-state index is 0.324. The molecule has 0 aliphatic carbocycles. The average Bonchev–Trinajstić information content (AvgIpc) is 3.57. The number of benzene rings is 3. The summed E-state index contributed by atoms with van der Waals surface area (Å²) in [4.78, 5) is 17.4. The SMILES string of the molecule is CCCCc1nc(-c2ccc(F)cc2)c(C(N)=O)n1Cc1ccc(-c2ccccc2-c2nnn[nH]2)cc1. The molecule has 0 saturated heterocycles. The maximum atomic E-state index is 13.5. The summed E-state index contributed by atoms with van der Waals surface area (Å²) in [7, 11) is 0. The van der Waals surface area contributed by atoms with Crippen LogP contribution in [0.25, 0.3) is 33.8 Å². The number of carbonyl (C=O) groups excluding carboxylic acids is 1. The molecule has 2 heterocycles. The number of aromatic amines is 1. The second-order valence-corrected chi connectivity index (χ2v) is 8.78. The van der Waals surface area contributed by atoms with E-state index in [4.69, 9.17) is 10.7 Å². The summed E-state index contributed by atoms with van der Waals surface area (Å²) in [6.45, 7) is 2.54. The first-order chi connectivity index (χ1) is 18.0. The lowest BCUT2D eigenvalue weighted by molar-refractivity contribution is 0.0992. The minimum atomic E-state index is -0.569. The van der Waals surface area contributed by atoms with E-state index in [9.17, 15) is 9.18 Å². The largest absolute Gasteiger partial charge is 0.364 e. The number of rotatable bonds is 9. The fourth-order valence-electron chi connectivity index (χ4n) is 4.44. The Morgan fingerprint density at radius 2 is 1.68 bits per heavy atom.